The Morgan fingerprint density at radius 1 is 0.826 bits per heavy atom. The quantitative estimate of drug-likeness (QED) is 0.717. The third-order valence-electron chi connectivity index (χ3n) is 3.80. The Morgan fingerprint density at radius 2 is 1.35 bits per heavy atom. The number of benzene rings is 3. The molecule has 23 heavy (non-hydrogen) atoms. The minimum atomic E-state index is -0.808. The summed E-state index contributed by atoms with van der Waals surface area (Å²) in [4.78, 5) is 0. The molecule has 0 heterocycles. The van der Waals surface area contributed by atoms with Crippen molar-refractivity contribution in [3.63, 3.8) is 0 Å². The van der Waals surface area contributed by atoms with E-state index in [1.165, 1.54) is 10.6 Å². The molecule has 0 aromatic heterocycles. The molecule has 0 aliphatic carbocycles. The average Bonchev–Trinajstić information content (AvgIpc) is 2.57. The average molecular weight is 323 g/mol. The van der Waals surface area contributed by atoms with Gasteiger partial charge in [0, 0.05) is 18.0 Å². The molecule has 0 aliphatic heterocycles. The number of hydrogen-bond acceptors (Lipinski definition) is 1. The molecule has 0 bridgehead atoms. The van der Waals surface area contributed by atoms with Gasteiger partial charge < -0.3 is 5.32 Å². The van der Waals surface area contributed by atoms with Crippen LogP contribution in [-0.2, 0) is 0 Å². The number of anilines is 1. The van der Waals surface area contributed by atoms with Crippen LogP contribution in [0.5, 0.6) is 0 Å². The van der Waals surface area contributed by atoms with Crippen LogP contribution in [0.4, 0.5) is 10.1 Å². The van der Waals surface area contributed by atoms with Crippen LogP contribution in [0.1, 0.15) is 5.56 Å². The van der Waals surface area contributed by atoms with E-state index < -0.39 is 7.92 Å². The van der Waals surface area contributed by atoms with Crippen molar-refractivity contribution in [2.75, 3.05) is 12.4 Å². The van der Waals surface area contributed by atoms with E-state index >= 15 is 0 Å². The van der Waals surface area contributed by atoms with E-state index in [2.05, 4.69) is 29.6 Å². The second-order valence-corrected chi connectivity index (χ2v) is 7.56. The van der Waals surface area contributed by atoms with Crippen LogP contribution in [0.3, 0.4) is 0 Å². The summed E-state index contributed by atoms with van der Waals surface area (Å²) in [5.41, 5.74) is 1.95. The molecule has 0 spiro atoms. The number of rotatable bonds is 4. The van der Waals surface area contributed by atoms with Crippen molar-refractivity contribution in [2.45, 2.75) is 6.92 Å². The van der Waals surface area contributed by atoms with Gasteiger partial charge in [-0.25, -0.2) is 4.39 Å². The fourth-order valence-corrected chi connectivity index (χ4v) is 5.37. The highest BCUT2D eigenvalue weighted by Crippen LogP contribution is 2.36. The van der Waals surface area contributed by atoms with Crippen molar-refractivity contribution in [3.8, 4) is 0 Å². The molecule has 1 nitrogen and oxygen atoms in total. The van der Waals surface area contributed by atoms with Gasteiger partial charge in [0.25, 0.3) is 0 Å². The second-order valence-electron chi connectivity index (χ2n) is 5.37. The normalized spacial score (nSPS) is 10.8. The number of halogens is 1. The molecule has 0 radical (unpaired) electrons. The molecule has 0 saturated heterocycles. The zero-order chi connectivity index (χ0) is 16.2. The Balaban J connectivity index is 2.25. The Labute approximate surface area is 137 Å². The third kappa shape index (κ3) is 3.28. The molecule has 0 fully saturated rings. The Morgan fingerprint density at radius 3 is 1.83 bits per heavy atom. The minimum absolute atomic E-state index is 0.184. The smallest absolute Gasteiger partial charge is 0.124 e. The number of hydrogen-bond donors (Lipinski definition) is 1. The lowest BCUT2D eigenvalue weighted by molar-refractivity contribution is 0.628. The maximum absolute atomic E-state index is 14.1. The van der Waals surface area contributed by atoms with Crippen LogP contribution in [-0.4, -0.2) is 7.05 Å². The van der Waals surface area contributed by atoms with E-state index in [0.29, 0.717) is 0 Å². The van der Waals surface area contributed by atoms with E-state index in [1.54, 1.807) is 12.1 Å². The predicted octanol–water partition coefficient (Wildman–Crippen LogP) is 3.93. The fraction of sp³-hybridized carbons (Fsp3) is 0.100. The summed E-state index contributed by atoms with van der Waals surface area (Å²) in [6, 6.07) is 23.9. The number of nitrogens with one attached hydrogen (secondary N) is 1. The summed E-state index contributed by atoms with van der Waals surface area (Å²) in [7, 11) is 1.09. The van der Waals surface area contributed by atoms with Gasteiger partial charge in [0.15, 0.2) is 0 Å². The molecule has 116 valence electrons. The fourth-order valence-electron chi connectivity index (χ4n) is 2.81. The van der Waals surface area contributed by atoms with E-state index in [4.69, 9.17) is 0 Å². The molecular weight excluding hydrogens is 304 g/mol. The summed E-state index contributed by atoms with van der Waals surface area (Å²) in [6.07, 6.45) is 0. The van der Waals surface area contributed by atoms with Crippen LogP contribution < -0.4 is 21.2 Å². The topological polar surface area (TPSA) is 12.0 Å². The largest absolute Gasteiger partial charge is 0.387 e. The van der Waals surface area contributed by atoms with Gasteiger partial charge in [-0.2, -0.15) is 0 Å². The standard InChI is InChI=1S/C20H19FNP/c1-15-13-16(21)14-19(20(15)22-2)23(17-9-5-3-6-10-17)18-11-7-4-8-12-18/h3-14,22H,1-2H3. The Kier molecular flexibility index (Phi) is 4.73. The summed E-state index contributed by atoms with van der Waals surface area (Å²) in [5.74, 6) is -0.184. The van der Waals surface area contributed by atoms with Crippen molar-refractivity contribution < 1.29 is 4.39 Å². The predicted molar refractivity (Wildman–Crippen MR) is 99.4 cm³/mol. The highest BCUT2D eigenvalue weighted by atomic mass is 31.1. The van der Waals surface area contributed by atoms with E-state index in [9.17, 15) is 4.39 Å². The highest BCUT2D eigenvalue weighted by molar-refractivity contribution is 7.80. The molecule has 0 atom stereocenters. The van der Waals surface area contributed by atoms with Crippen LogP contribution in [0.2, 0.25) is 0 Å². The minimum Gasteiger partial charge on any atom is -0.387 e. The zero-order valence-corrected chi connectivity index (χ0v) is 14.1. The molecule has 0 amide bonds. The first-order valence-electron chi connectivity index (χ1n) is 7.59. The molecule has 3 aromatic carbocycles. The first-order valence-corrected chi connectivity index (χ1v) is 8.93. The van der Waals surface area contributed by atoms with Gasteiger partial charge >= 0.3 is 0 Å². The highest BCUT2D eigenvalue weighted by Gasteiger charge is 2.21. The SMILES string of the molecule is CNc1c(C)cc(F)cc1P(c1ccccc1)c1ccccc1. The van der Waals surface area contributed by atoms with E-state index in [-0.39, 0.29) is 5.82 Å². The van der Waals surface area contributed by atoms with Crippen molar-refractivity contribution in [1.29, 1.82) is 0 Å². The maximum atomic E-state index is 14.1. The molecular formula is C20H19FNP. The van der Waals surface area contributed by atoms with Crippen LogP contribution in [0.25, 0.3) is 0 Å². The Hall–Kier alpha value is -2.18. The first kappa shape index (κ1) is 15.7. The summed E-state index contributed by atoms with van der Waals surface area (Å²) < 4.78 is 14.1. The van der Waals surface area contributed by atoms with Crippen LogP contribution in [0.15, 0.2) is 72.8 Å². The van der Waals surface area contributed by atoms with Gasteiger partial charge in [-0.15, -0.1) is 0 Å². The molecule has 3 heteroatoms. The molecule has 1 N–H and O–H groups in total. The lowest BCUT2D eigenvalue weighted by Crippen LogP contribution is -2.23. The molecule has 3 rings (SSSR count). The summed E-state index contributed by atoms with van der Waals surface area (Å²) >= 11 is 0. The van der Waals surface area contributed by atoms with Crippen molar-refractivity contribution in [1.82, 2.24) is 0 Å². The van der Waals surface area contributed by atoms with Crippen LogP contribution >= 0.6 is 7.92 Å². The summed E-state index contributed by atoms with van der Waals surface area (Å²) in [5, 5.41) is 6.72. The van der Waals surface area contributed by atoms with E-state index in [0.717, 1.165) is 16.6 Å². The van der Waals surface area contributed by atoms with Gasteiger partial charge in [0.1, 0.15) is 5.82 Å². The molecule has 0 unspecified atom stereocenters. The second kappa shape index (κ2) is 6.93. The maximum Gasteiger partial charge on any atom is 0.124 e. The third-order valence-corrected chi connectivity index (χ3v) is 6.26. The van der Waals surface area contributed by atoms with Gasteiger partial charge in [0.05, 0.1) is 0 Å². The van der Waals surface area contributed by atoms with Gasteiger partial charge in [0.2, 0.25) is 0 Å². The van der Waals surface area contributed by atoms with Gasteiger partial charge in [-0.3, -0.25) is 0 Å². The van der Waals surface area contributed by atoms with Crippen LogP contribution in [0, 0.1) is 12.7 Å². The number of aryl methyl sites for hydroxylation is 1. The summed E-state index contributed by atoms with van der Waals surface area (Å²) in [6.45, 7) is 1.95. The monoisotopic (exact) mass is 323 g/mol. The Bertz CT molecular complexity index is 748. The lowest BCUT2D eigenvalue weighted by atomic mass is 10.2. The molecule has 0 aliphatic rings. The van der Waals surface area contributed by atoms with Gasteiger partial charge in [-0.1, -0.05) is 60.7 Å². The molecule has 0 saturated carbocycles. The first-order chi connectivity index (χ1) is 11.2. The van der Waals surface area contributed by atoms with Crippen molar-refractivity contribution >= 4 is 29.5 Å². The van der Waals surface area contributed by atoms with Crippen molar-refractivity contribution in [3.05, 3.63) is 84.2 Å². The van der Waals surface area contributed by atoms with E-state index in [1.807, 2.05) is 50.4 Å². The zero-order valence-electron chi connectivity index (χ0n) is 13.3. The molecule has 3 aromatic rings. The van der Waals surface area contributed by atoms with Gasteiger partial charge in [-0.05, 0) is 43.2 Å². The lowest BCUT2D eigenvalue weighted by Gasteiger charge is -2.23. The van der Waals surface area contributed by atoms with Crippen molar-refractivity contribution in [2.24, 2.45) is 0 Å².